The number of aliphatic carboxylic acids is 1. The number of carboxylic acid groups (broad SMARTS) is 1. The molecule has 0 radical (unpaired) electrons. The molecule has 19 heavy (non-hydrogen) atoms. The summed E-state index contributed by atoms with van der Waals surface area (Å²) in [4.78, 5) is 10.5. The Morgan fingerprint density at radius 2 is 1.42 bits per heavy atom. The van der Waals surface area contributed by atoms with Crippen molar-refractivity contribution in [3.05, 3.63) is 0 Å². The third-order valence-corrected chi connectivity index (χ3v) is 3.34. The van der Waals surface area contributed by atoms with E-state index in [1.165, 1.54) is 57.8 Å². The lowest BCUT2D eigenvalue weighted by Crippen LogP contribution is -2.43. The summed E-state index contributed by atoms with van der Waals surface area (Å²) < 4.78 is 0. The van der Waals surface area contributed by atoms with Crippen LogP contribution in [0.5, 0.6) is 0 Å². The van der Waals surface area contributed by atoms with Crippen molar-refractivity contribution in [2.45, 2.75) is 84.1 Å². The van der Waals surface area contributed by atoms with E-state index >= 15 is 0 Å². The molecule has 0 aromatic rings. The van der Waals surface area contributed by atoms with E-state index in [0.717, 1.165) is 13.0 Å². The monoisotopic (exact) mass is 272 g/mol. The number of hydrogen-bond donors (Lipinski definition) is 3. The largest absolute Gasteiger partial charge is 0.480 e. The topological polar surface area (TPSA) is 61.4 Å². The van der Waals surface area contributed by atoms with Gasteiger partial charge in [0.2, 0.25) is 0 Å². The summed E-state index contributed by atoms with van der Waals surface area (Å²) in [5, 5.41) is 8.66. The minimum Gasteiger partial charge on any atom is -0.480 e. The van der Waals surface area contributed by atoms with Crippen LogP contribution in [0.2, 0.25) is 0 Å². The Labute approximate surface area is 118 Å². The van der Waals surface area contributed by atoms with Crippen molar-refractivity contribution in [1.82, 2.24) is 10.9 Å². The minimum absolute atomic E-state index is 0.525. The van der Waals surface area contributed by atoms with Crippen molar-refractivity contribution in [3.63, 3.8) is 0 Å². The lowest BCUT2D eigenvalue weighted by molar-refractivity contribution is -0.139. The van der Waals surface area contributed by atoms with Gasteiger partial charge in [0, 0.05) is 6.54 Å². The molecule has 0 fully saturated rings. The van der Waals surface area contributed by atoms with Gasteiger partial charge in [0.15, 0.2) is 0 Å². The van der Waals surface area contributed by atoms with Crippen molar-refractivity contribution in [2.24, 2.45) is 0 Å². The fourth-order valence-corrected chi connectivity index (χ4v) is 1.99. The quantitative estimate of drug-likeness (QED) is 0.335. The number of nitrogens with one attached hydrogen (secondary N) is 2. The van der Waals surface area contributed by atoms with Gasteiger partial charge in [-0.1, -0.05) is 64.7 Å². The van der Waals surface area contributed by atoms with E-state index in [9.17, 15) is 4.79 Å². The molecule has 0 aliphatic rings. The van der Waals surface area contributed by atoms with Crippen molar-refractivity contribution in [3.8, 4) is 0 Å². The summed E-state index contributed by atoms with van der Waals surface area (Å²) in [5.41, 5.74) is 5.72. The standard InChI is InChI=1S/C15H32N2O2/c1-3-4-5-6-7-8-9-10-11-12-13-16-17-14(2)15(18)19/h14,16-17H,3-13H2,1-2H3,(H,18,19). The molecule has 1 unspecified atom stereocenters. The number of rotatable bonds is 14. The summed E-state index contributed by atoms with van der Waals surface area (Å²) >= 11 is 0. The van der Waals surface area contributed by atoms with Gasteiger partial charge in [-0.2, -0.15) is 0 Å². The second kappa shape index (κ2) is 13.8. The molecule has 1 atom stereocenters. The summed E-state index contributed by atoms with van der Waals surface area (Å²) in [5.74, 6) is -0.824. The molecule has 114 valence electrons. The predicted molar refractivity (Wildman–Crippen MR) is 80.1 cm³/mol. The first-order valence-electron chi connectivity index (χ1n) is 7.89. The van der Waals surface area contributed by atoms with Crippen LogP contribution in [0.25, 0.3) is 0 Å². The molecular formula is C15H32N2O2. The Morgan fingerprint density at radius 3 is 1.89 bits per heavy atom. The van der Waals surface area contributed by atoms with Crippen molar-refractivity contribution in [2.75, 3.05) is 6.54 Å². The normalized spacial score (nSPS) is 12.5. The Balaban J connectivity index is 3.05. The Kier molecular flexibility index (Phi) is 13.4. The average Bonchev–Trinajstić information content (AvgIpc) is 2.39. The highest BCUT2D eigenvalue weighted by Gasteiger charge is 2.07. The van der Waals surface area contributed by atoms with Gasteiger partial charge in [-0.15, -0.1) is 0 Å². The number of unbranched alkanes of at least 4 members (excludes halogenated alkanes) is 9. The smallest absolute Gasteiger partial charge is 0.321 e. The van der Waals surface area contributed by atoms with Crippen LogP contribution in [0, 0.1) is 0 Å². The third kappa shape index (κ3) is 13.6. The van der Waals surface area contributed by atoms with Gasteiger partial charge in [0.1, 0.15) is 6.04 Å². The second-order valence-corrected chi connectivity index (χ2v) is 5.31. The molecule has 0 heterocycles. The van der Waals surface area contributed by atoms with Crippen LogP contribution in [0.15, 0.2) is 0 Å². The first-order chi connectivity index (χ1) is 9.18. The maximum Gasteiger partial charge on any atom is 0.321 e. The molecule has 4 heteroatoms. The van der Waals surface area contributed by atoms with Crippen LogP contribution >= 0.6 is 0 Å². The number of hydrogen-bond acceptors (Lipinski definition) is 3. The number of hydrazine groups is 1. The molecule has 0 amide bonds. The first kappa shape index (κ1) is 18.4. The number of carboxylic acids is 1. The van der Waals surface area contributed by atoms with E-state index in [1.54, 1.807) is 6.92 Å². The molecule has 3 N–H and O–H groups in total. The zero-order valence-electron chi connectivity index (χ0n) is 12.7. The van der Waals surface area contributed by atoms with Gasteiger partial charge in [-0.05, 0) is 13.3 Å². The molecule has 0 rings (SSSR count). The summed E-state index contributed by atoms with van der Waals surface area (Å²) in [7, 11) is 0. The van der Waals surface area contributed by atoms with Gasteiger partial charge in [0.05, 0.1) is 0 Å². The Bertz CT molecular complexity index is 210. The summed E-state index contributed by atoms with van der Waals surface area (Å²) in [6, 6.07) is -0.525. The first-order valence-corrected chi connectivity index (χ1v) is 7.89. The molecule has 0 aliphatic carbocycles. The maximum atomic E-state index is 10.5. The average molecular weight is 272 g/mol. The molecule has 4 nitrogen and oxygen atoms in total. The maximum absolute atomic E-state index is 10.5. The SMILES string of the molecule is CCCCCCCCCCCCNNC(C)C(=O)O. The highest BCUT2D eigenvalue weighted by Crippen LogP contribution is 2.10. The van der Waals surface area contributed by atoms with E-state index in [-0.39, 0.29) is 0 Å². The molecule has 0 bridgehead atoms. The van der Waals surface area contributed by atoms with E-state index in [1.807, 2.05) is 0 Å². The second-order valence-electron chi connectivity index (χ2n) is 5.31. The molecule has 0 saturated carbocycles. The van der Waals surface area contributed by atoms with Crippen molar-refractivity contribution in [1.29, 1.82) is 0 Å². The van der Waals surface area contributed by atoms with Crippen LogP contribution in [0.1, 0.15) is 78.1 Å². The lowest BCUT2D eigenvalue weighted by Gasteiger charge is -2.10. The Hall–Kier alpha value is -0.610. The molecule has 0 aliphatic heterocycles. The molecule has 0 saturated heterocycles. The summed E-state index contributed by atoms with van der Waals surface area (Å²) in [6.07, 6.45) is 13.2. The van der Waals surface area contributed by atoms with Crippen LogP contribution in [0.4, 0.5) is 0 Å². The number of carbonyl (C=O) groups is 1. The highest BCUT2D eigenvalue weighted by molar-refractivity contribution is 5.72. The van der Waals surface area contributed by atoms with Crippen LogP contribution in [-0.2, 0) is 4.79 Å². The fourth-order valence-electron chi connectivity index (χ4n) is 1.99. The molecule has 0 spiro atoms. The van der Waals surface area contributed by atoms with Crippen molar-refractivity contribution < 1.29 is 9.90 Å². The highest BCUT2D eigenvalue weighted by atomic mass is 16.4. The van der Waals surface area contributed by atoms with Crippen LogP contribution in [0.3, 0.4) is 0 Å². The fraction of sp³-hybridized carbons (Fsp3) is 0.933. The molecular weight excluding hydrogens is 240 g/mol. The zero-order valence-corrected chi connectivity index (χ0v) is 12.7. The van der Waals surface area contributed by atoms with Gasteiger partial charge in [-0.25, -0.2) is 5.43 Å². The Morgan fingerprint density at radius 1 is 0.947 bits per heavy atom. The third-order valence-electron chi connectivity index (χ3n) is 3.34. The van der Waals surface area contributed by atoms with Crippen molar-refractivity contribution >= 4 is 5.97 Å². The molecule has 0 aromatic carbocycles. The minimum atomic E-state index is -0.824. The predicted octanol–water partition coefficient (Wildman–Crippen LogP) is 3.47. The molecule has 0 aromatic heterocycles. The zero-order chi connectivity index (χ0) is 14.3. The summed E-state index contributed by atoms with van der Waals surface area (Å²) in [6.45, 7) is 4.72. The van der Waals surface area contributed by atoms with E-state index < -0.39 is 12.0 Å². The van der Waals surface area contributed by atoms with Gasteiger partial charge < -0.3 is 5.11 Å². The van der Waals surface area contributed by atoms with E-state index in [4.69, 9.17) is 5.11 Å². The van der Waals surface area contributed by atoms with Crippen LogP contribution in [-0.4, -0.2) is 23.7 Å². The lowest BCUT2D eigenvalue weighted by atomic mass is 10.1. The van der Waals surface area contributed by atoms with Gasteiger partial charge in [-0.3, -0.25) is 10.2 Å². The van der Waals surface area contributed by atoms with Crippen LogP contribution < -0.4 is 10.9 Å². The van der Waals surface area contributed by atoms with E-state index in [0.29, 0.717) is 0 Å². The van der Waals surface area contributed by atoms with Gasteiger partial charge >= 0.3 is 5.97 Å². The van der Waals surface area contributed by atoms with Gasteiger partial charge in [0.25, 0.3) is 0 Å². The van der Waals surface area contributed by atoms with E-state index in [2.05, 4.69) is 17.8 Å².